The number of benzene rings is 1. The molecular formula is C13H16N4. The number of nitrogen functional groups attached to an aromatic ring is 1. The average Bonchev–Trinajstić information content (AvgIpc) is 2.40. The lowest BCUT2D eigenvalue weighted by Gasteiger charge is -2.18. The van der Waals surface area contributed by atoms with E-state index in [9.17, 15) is 0 Å². The van der Waals surface area contributed by atoms with Crippen LogP contribution < -0.4 is 16.2 Å². The van der Waals surface area contributed by atoms with Crippen LogP contribution in [0, 0.1) is 0 Å². The van der Waals surface area contributed by atoms with Crippen molar-refractivity contribution in [3.05, 3.63) is 54.4 Å². The molecule has 0 amide bonds. The van der Waals surface area contributed by atoms with Gasteiger partial charge in [0, 0.05) is 18.9 Å². The van der Waals surface area contributed by atoms with Crippen molar-refractivity contribution in [1.82, 2.24) is 4.98 Å². The van der Waals surface area contributed by atoms with Crippen molar-refractivity contribution < 1.29 is 0 Å². The van der Waals surface area contributed by atoms with Gasteiger partial charge in [0.05, 0.1) is 17.9 Å². The molecule has 0 unspecified atom stereocenters. The van der Waals surface area contributed by atoms with Gasteiger partial charge in [-0.3, -0.25) is 10.8 Å². The van der Waals surface area contributed by atoms with E-state index < -0.39 is 0 Å². The second kappa shape index (κ2) is 5.32. The Bertz CT molecular complexity index is 470. The molecule has 0 aliphatic heterocycles. The summed E-state index contributed by atoms with van der Waals surface area (Å²) in [7, 11) is 2.04. The monoisotopic (exact) mass is 228 g/mol. The van der Waals surface area contributed by atoms with E-state index in [-0.39, 0.29) is 0 Å². The van der Waals surface area contributed by atoms with Gasteiger partial charge in [-0.25, -0.2) is 0 Å². The Balaban J connectivity index is 2.10. The fourth-order valence-electron chi connectivity index (χ4n) is 1.67. The van der Waals surface area contributed by atoms with Crippen molar-refractivity contribution in [2.45, 2.75) is 6.54 Å². The maximum absolute atomic E-state index is 5.37. The number of hydrazine groups is 1. The molecule has 1 heterocycles. The number of rotatable bonds is 4. The minimum absolute atomic E-state index is 0.750. The Morgan fingerprint density at radius 1 is 1.24 bits per heavy atom. The SMILES string of the molecule is CN(Cc1cc(NN)ccn1)c1ccccc1. The first-order chi connectivity index (χ1) is 8.29. The molecule has 17 heavy (non-hydrogen) atoms. The van der Waals surface area contributed by atoms with Crippen LogP contribution in [-0.4, -0.2) is 12.0 Å². The molecule has 0 atom stereocenters. The van der Waals surface area contributed by atoms with Crippen LogP contribution in [0.1, 0.15) is 5.69 Å². The Kier molecular flexibility index (Phi) is 3.57. The Hall–Kier alpha value is -2.07. The molecule has 1 aromatic carbocycles. The van der Waals surface area contributed by atoms with Gasteiger partial charge in [0.2, 0.25) is 0 Å². The summed E-state index contributed by atoms with van der Waals surface area (Å²) in [5, 5.41) is 0. The fraction of sp³-hybridized carbons (Fsp3) is 0.154. The summed E-state index contributed by atoms with van der Waals surface area (Å²) < 4.78 is 0. The summed E-state index contributed by atoms with van der Waals surface area (Å²) in [4.78, 5) is 6.46. The highest BCUT2D eigenvalue weighted by Crippen LogP contribution is 2.15. The first kappa shape index (κ1) is 11.4. The second-order valence-electron chi connectivity index (χ2n) is 3.87. The molecule has 0 aliphatic rings. The Morgan fingerprint density at radius 3 is 2.71 bits per heavy atom. The summed E-state index contributed by atoms with van der Waals surface area (Å²) in [5.74, 6) is 5.37. The lowest BCUT2D eigenvalue weighted by atomic mass is 10.2. The maximum Gasteiger partial charge on any atom is 0.0617 e. The number of hydrogen-bond acceptors (Lipinski definition) is 4. The van der Waals surface area contributed by atoms with E-state index in [0.29, 0.717) is 0 Å². The van der Waals surface area contributed by atoms with Crippen molar-refractivity contribution in [2.24, 2.45) is 5.84 Å². The molecule has 0 bridgehead atoms. The molecule has 0 radical (unpaired) electrons. The predicted molar refractivity (Wildman–Crippen MR) is 70.6 cm³/mol. The lowest BCUT2D eigenvalue weighted by molar-refractivity contribution is 0.885. The molecular weight excluding hydrogens is 212 g/mol. The highest BCUT2D eigenvalue weighted by Gasteiger charge is 2.02. The third-order valence-electron chi connectivity index (χ3n) is 2.58. The highest BCUT2D eigenvalue weighted by atomic mass is 15.2. The van der Waals surface area contributed by atoms with Crippen molar-refractivity contribution in [3.8, 4) is 0 Å². The maximum atomic E-state index is 5.37. The van der Waals surface area contributed by atoms with Crippen LogP contribution in [0.3, 0.4) is 0 Å². The smallest absolute Gasteiger partial charge is 0.0617 e. The minimum atomic E-state index is 0.750. The van der Waals surface area contributed by atoms with Crippen molar-refractivity contribution in [3.63, 3.8) is 0 Å². The van der Waals surface area contributed by atoms with E-state index in [0.717, 1.165) is 17.9 Å². The van der Waals surface area contributed by atoms with Crippen LogP contribution in [-0.2, 0) is 6.54 Å². The Morgan fingerprint density at radius 2 is 2.00 bits per heavy atom. The molecule has 0 fully saturated rings. The molecule has 0 aliphatic carbocycles. The van der Waals surface area contributed by atoms with Crippen LogP contribution >= 0.6 is 0 Å². The summed E-state index contributed by atoms with van der Waals surface area (Å²) >= 11 is 0. The topological polar surface area (TPSA) is 54.2 Å². The second-order valence-corrected chi connectivity index (χ2v) is 3.87. The number of hydrogen-bond donors (Lipinski definition) is 2. The van der Waals surface area contributed by atoms with Gasteiger partial charge in [-0.1, -0.05) is 18.2 Å². The predicted octanol–water partition coefficient (Wildman–Crippen LogP) is 2.00. The Labute approximate surface area is 101 Å². The van der Waals surface area contributed by atoms with E-state index in [1.165, 1.54) is 5.69 Å². The van der Waals surface area contributed by atoms with Crippen LogP contribution in [0.5, 0.6) is 0 Å². The number of anilines is 2. The van der Waals surface area contributed by atoms with Gasteiger partial charge in [-0.15, -0.1) is 0 Å². The van der Waals surface area contributed by atoms with Gasteiger partial charge in [-0.2, -0.15) is 0 Å². The molecule has 0 saturated carbocycles. The van der Waals surface area contributed by atoms with Crippen molar-refractivity contribution in [1.29, 1.82) is 0 Å². The van der Waals surface area contributed by atoms with Crippen molar-refractivity contribution in [2.75, 3.05) is 17.4 Å². The first-order valence-corrected chi connectivity index (χ1v) is 5.47. The van der Waals surface area contributed by atoms with E-state index >= 15 is 0 Å². The van der Waals surface area contributed by atoms with E-state index in [2.05, 4.69) is 27.4 Å². The number of nitrogens with zero attached hydrogens (tertiary/aromatic N) is 2. The van der Waals surface area contributed by atoms with Crippen LogP contribution in [0.15, 0.2) is 48.7 Å². The third-order valence-corrected chi connectivity index (χ3v) is 2.58. The number of nitrogens with one attached hydrogen (secondary N) is 1. The summed E-state index contributed by atoms with van der Waals surface area (Å²) in [6.45, 7) is 0.750. The van der Waals surface area contributed by atoms with Crippen LogP contribution in [0.2, 0.25) is 0 Å². The number of para-hydroxylation sites is 1. The zero-order chi connectivity index (χ0) is 12.1. The molecule has 4 nitrogen and oxygen atoms in total. The number of aromatic nitrogens is 1. The minimum Gasteiger partial charge on any atom is -0.369 e. The van der Waals surface area contributed by atoms with Gasteiger partial charge in [0.1, 0.15) is 0 Å². The van der Waals surface area contributed by atoms with Crippen LogP contribution in [0.4, 0.5) is 11.4 Å². The quantitative estimate of drug-likeness (QED) is 0.621. The van der Waals surface area contributed by atoms with E-state index in [1.54, 1.807) is 6.20 Å². The average molecular weight is 228 g/mol. The van der Waals surface area contributed by atoms with Crippen LogP contribution in [0.25, 0.3) is 0 Å². The van der Waals surface area contributed by atoms with Gasteiger partial charge in [0.15, 0.2) is 0 Å². The third kappa shape index (κ3) is 2.95. The molecule has 3 N–H and O–H groups in total. The first-order valence-electron chi connectivity index (χ1n) is 5.47. The number of nitrogens with two attached hydrogens (primary N) is 1. The highest BCUT2D eigenvalue weighted by molar-refractivity contribution is 5.47. The standard InChI is InChI=1S/C13H16N4/c1-17(13-5-3-2-4-6-13)10-12-9-11(16-14)7-8-15-12/h2-9H,10,14H2,1H3,(H,15,16). The van der Waals surface area contributed by atoms with Gasteiger partial charge >= 0.3 is 0 Å². The lowest BCUT2D eigenvalue weighted by Crippen LogP contribution is -2.17. The largest absolute Gasteiger partial charge is 0.369 e. The van der Waals surface area contributed by atoms with Gasteiger partial charge < -0.3 is 10.3 Å². The van der Waals surface area contributed by atoms with E-state index in [4.69, 9.17) is 5.84 Å². The molecule has 2 rings (SSSR count). The summed E-state index contributed by atoms with van der Waals surface area (Å²) in [6, 6.07) is 14.0. The fourth-order valence-corrected chi connectivity index (χ4v) is 1.67. The van der Waals surface area contributed by atoms with Gasteiger partial charge in [0.25, 0.3) is 0 Å². The molecule has 0 spiro atoms. The molecule has 4 heteroatoms. The van der Waals surface area contributed by atoms with Crippen molar-refractivity contribution >= 4 is 11.4 Å². The zero-order valence-electron chi connectivity index (χ0n) is 9.80. The molecule has 2 aromatic rings. The summed E-state index contributed by atoms with van der Waals surface area (Å²) in [6.07, 6.45) is 1.75. The summed E-state index contributed by atoms with van der Waals surface area (Å²) in [5.41, 5.74) is 5.64. The normalized spacial score (nSPS) is 10.0. The molecule has 0 saturated heterocycles. The molecule has 1 aromatic heterocycles. The molecule has 88 valence electrons. The van der Waals surface area contributed by atoms with E-state index in [1.807, 2.05) is 37.4 Å². The zero-order valence-corrected chi connectivity index (χ0v) is 9.80. The van der Waals surface area contributed by atoms with Gasteiger partial charge in [-0.05, 0) is 24.3 Å². The number of pyridine rings is 1.